The third-order valence-corrected chi connectivity index (χ3v) is 2.91. The molecule has 2 N–H and O–H groups in total. The number of hydrogen-bond acceptors (Lipinski definition) is 3. The first kappa shape index (κ1) is 14.2. The van der Waals surface area contributed by atoms with Crippen LogP contribution in [0, 0.1) is 5.41 Å². The second kappa shape index (κ2) is 5.68. The molecule has 17 heavy (non-hydrogen) atoms. The molecule has 1 amide bonds. The van der Waals surface area contributed by atoms with E-state index in [4.69, 9.17) is 4.74 Å². The fourth-order valence-electron chi connectivity index (χ4n) is 1.99. The first-order chi connectivity index (χ1) is 7.90. The van der Waals surface area contributed by atoms with Gasteiger partial charge in [-0.15, -0.1) is 0 Å². The Hall–Kier alpha value is -0.820. The summed E-state index contributed by atoms with van der Waals surface area (Å²) in [5, 5.41) is 5.01. The van der Waals surface area contributed by atoms with Crippen molar-refractivity contribution in [1.29, 1.82) is 0 Å². The van der Waals surface area contributed by atoms with E-state index in [0.717, 1.165) is 0 Å². The molecule has 0 saturated carbocycles. The maximum absolute atomic E-state index is 12.0. The molecule has 0 atom stereocenters. The molecule has 100 valence electrons. The molecule has 0 radical (unpaired) electrons. The molecule has 0 bridgehead atoms. The molecule has 1 rings (SSSR count). The summed E-state index contributed by atoms with van der Waals surface area (Å²) in [7, 11) is 1.45. The Balaban J connectivity index is 2.60. The quantitative estimate of drug-likeness (QED) is 0.775. The lowest BCUT2D eigenvalue weighted by Gasteiger charge is -2.35. The summed E-state index contributed by atoms with van der Waals surface area (Å²) >= 11 is 0. The molecule has 4 nitrogen and oxygen atoms in total. The summed E-state index contributed by atoms with van der Waals surface area (Å²) in [4.78, 5) is 11.8. The molecule has 1 heterocycles. The van der Waals surface area contributed by atoms with Crippen molar-refractivity contribution in [2.75, 3.05) is 33.4 Å². The molecule has 7 heteroatoms. The van der Waals surface area contributed by atoms with Gasteiger partial charge in [0.25, 0.3) is 0 Å². The van der Waals surface area contributed by atoms with Crippen LogP contribution < -0.4 is 10.6 Å². The number of carbonyl (C=O) groups is 1. The van der Waals surface area contributed by atoms with Gasteiger partial charge in [-0.25, -0.2) is 0 Å². The van der Waals surface area contributed by atoms with Gasteiger partial charge in [0.05, 0.1) is 12.0 Å². The lowest BCUT2D eigenvalue weighted by Crippen LogP contribution is -2.51. The van der Waals surface area contributed by atoms with Crippen molar-refractivity contribution in [3.63, 3.8) is 0 Å². The van der Waals surface area contributed by atoms with Gasteiger partial charge in [0.2, 0.25) is 5.91 Å². The molecule has 0 aromatic rings. The number of nitrogens with one attached hydrogen (secondary N) is 2. The minimum Gasteiger partial charge on any atom is -0.384 e. The number of carbonyl (C=O) groups excluding carboxylic acids is 1. The second-order valence-electron chi connectivity index (χ2n) is 4.26. The number of hydrogen-bond donors (Lipinski definition) is 2. The van der Waals surface area contributed by atoms with Crippen LogP contribution in [0.1, 0.15) is 12.8 Å². The zero-order chi connectivity index (χ0) is 12.9. The van der Waals surface area contributed by atoms with Crippen molar-refractivity contribution in [2.24, 2.45) is 5.41 Å². The molecule has 0 spiro atoms. The molecule has 1 aliphatic heterocycles. The van der Waals surface area contributed by atoms with Crippen LogP contribution in [0.3, 0.4) is 0 Å². The number of ether oxygens (including phenoxy) is 1. The fourth-order valence-corrected chi connectivity index (χ4v) is 1.99. The van der Waals surface area contributed by atoms with E-state index in [1.54, 1.807) is 0 Å². The lowest BCUT2D eigenvalue weighted by atomic mass is 9.78. The summed E-state index contributed by atoms with van der Waals surface area (Å²) in [6, 6.07) is 0. The van der Waals surface area contributed by atoms with Crippen LogP contribution in [0.2, 0.25) is 0 Å². The number of methoxy groups -OCH3 is 1. The number of rotatable bonds is 4. The third kappa shape index (κ3) is 4.16. The van der Waals surface area contributed by atoms with Crippen LogP contribution in [0.5, 0.6) is 0 Å². The highest BCUT2D eigenvalue weighted by atomic mass is 19.4. The number of alkyl halides is 3. The molecule has 0 aliphatic carbocycles. The van der Waals surface area contributed by atoms with Crippen molar-refractivity contribution in [1.82, 2.24) is 10.6 Å². The summed E-state index contributed by atoms with van der Waals surface area (Å²) in [5.74, 6) is -0.571. The predicted molar refractivity (Wildman–Crippen MR) is 55.5 cm³/mol. The minimum absolute atomic E-state index is 0.151. The van der Waals surface area contributed by atoms with Gasteiger partial charge in [0, 0.05) is 7.11 Å². The first-order valence-corrected chi connectivity index (χ1v) is 5.44. The summed E-state index contributed by atoms with van der Waals surface area (Å²) < 4.78 is 41.1. The number of halogens is 3. The molecule has 1 fully saturated rings. The molecule has 0 aromatic carbocycles. The Kier molecular flexibility index (Phi) is 4.76. The Morgan fingerprint density at radius 1 is 1.41 bits per heavy atom. The van der Waals surface area contributed by atoms with Crippen molar-refractivity contribution >= 4 is 5.91 Å². The molecule has 0 unspecified atom stereocenters. The Labute approximate surface area is 97.9 Å². The standard InChI is InChI=1S/C10H17F3N2O2/c1-17-7-9(2-4-14-5-3-9)8(16)15-6-10(11,12)13/h14H,2-7H2,1H3,(H,15,16). The van der Waals surface area contributed by atoms with Crippen LogP contribution in [0.4, 0.5) is 13.2 Å². The molecule has 0 aromatic heterocycles. The van der Waals surface area contributed by atoms with Gasteiger partial charge in [0.1, 0.15) is 6.54 Å². The van der Waals surface area contributed by atoms with Crippen molar-refractivity contribution in [3.8, 4) is 0 Å². The average Bonchev–Trinajstić information content (AvgIpc) is 2.26. The lowest BCUT2D eigenvalue weighted by molar-refractivity contribution is -0.148. The molecular formula is C10H17F3N2O2. The Morgan fingerprint density at radius 2 is 2.00 bits per heavy atom. The first-order valence-electron chi connectivity index (χ1n) is 5.44. The maximum atomic E-state index is 12.0. The monoisotopic (exact) mass is 254 g/mol. The minimum atomic E-state index is -4.38. The maximum Gasteiger partial charge on any atom is 0.405 e. The van der Waals surface area contributed by atoms with Crippen LogP contribution in [0.15, 0.2) is 0 Å². The van der Waals surface area contributed by atoms with E-state index in [1.165, 1.54) is 7.11 Å². The highest BCUT2D eigenvalue weighted by Gasteiger charge is 2.41. The smallest absolute Gasteiger partial charge is 0.384 e. The second-order valence-corrected chi connectivity index (χ2v) is 4.26. The molecule has 1 aliphatic rings. The van der Waals surface area contributed by atoms with E-state index in [1.807, 2.05) is 5.32 Å². The van der Waals surface area contributed by atoms with Gasteiger partial charge < -0.3 is 15.4 Å². The van der Waals surface area contributed by atoms with Gasteiger partial charge in [-0.1, -0.05) is 0 Å². The van der Waals surface area contributed by atoms with Crippen LogP contribution in [-0.2, 0) is 9.53 Å². The average molecular weight is 254 g/mol. The number of piperidine rings is 1. The fraction of sp³-hybridized carbons (Fsp3) is 0.900. The van der Waals surface area contributed by atoms with Gasteiger partial charge in [-0.2, -0.15) is 13.2 Å². The van der Waals surface area contributed by atoms with Crippen molar-refractivity contribution in [2.45, 2.75) is 19.0 Å². The summed E-state index contributed by atoms with van der Waals surface area (Å²) in [6.45, 7) is 0.0920. The topological polar surface area (TPSA) is 50.4 Å². The van der Waals surface area contributed by atoms with E-state index in [-0.39, 0.29) is 6.61 Å². The Bertz CT molecular complexity index is 257. The molecule has 1 saturated heterocycles. The summed E-state index contributed by atoms with van der Waals surface area (Å²) in [5.41, 5.74) is -0.828. The zero-order valence-electron chi connectivity index (χ0n) is 9.69. The molecular weight excluding hydrogens is 237 g/mol. The van der Waals surface area contributed by atoms with E-state index >= 15 is 0 Å². The normalized spacial score (nSPS) is 20.0. The van der Waals surface area contributed by atoms with Gasteiger partial charge >= 0.3 is 6.18 Å². The Morgan fingerprint density at radius 3 is 2.47 bits per heavy atom. The van der Waals surface area contributed by atoms with Crippen molar-refractivity contribution in [3.05, 3.63) is 0 Å². The van der Waals surface area contributed by atoms with E-state index < -0.39 is 24.0 Å². The highest BCUT2D eigenvalue weighted by Crippen LogP contribution is 2.29. The van der Waals surface area contributed by atoms with E-state index in [9.17, 15) is 18.0 Å². The van der Waals surface area contributed by atoms with Crippen LogP contribution in [0.25, 0.3) is 0 Å². The summed E-state index contributed by atoms with van der Waals surface area (Å²) in [6.07, 6.45) is -3.40. The van der Waals surface area contributed by atoms with Gasteiger partial charge in [-0.3, -0.25) is 4.79 Å². The van der Waals surface area contributed by atoms with E-state index in [2.05, 4.69) is 5.32 Å². The van der Waals surface area contributed by atoms with Gasteiger partial charge in [-0.05, 0) is 25.9 Å². The third-order valence-electron chi connectivity index (χ3n) is 2.91. The van der Waals surface area contributed by atoms with Crippen LogP contribution in [-0.4, -0.2) is 45.4 Å². The van der Waals surface area contributed by atoms with Crippen molar-refractivity contribution < 1.29 is 22.7 Å². The largest absolute Gasteiger partial charge is 0.405 e. The van der Waals surface area contributed by atoms with Gasteiger partial charge in [0.15, 0.2) is 0 Å². The zero-order valence-corrected chi connectivity index (χ0v) is 9.69. The SMILES string of the molecule is COCC1(C(=O)NCC(F)(F)F)CCNCC1. The van der Waals surface area contributed by atoms with Crippen LogP contribution >= 0.6 is 0 Å². The predicted octanol–water partition coefficient (Wildman–Crippen LogP) is 0.681. The number of amides is 1. The highest BCUT2D eigenvalue weighted by molar-refractivity contribution is 5.83. The van der Waals surface area contributed by atoms with E-state index in [0.29, 0.717) is 25.9 Å².